The van der Waals surface area contributed by atoms with E-state index >= 15 is 0 Å². The number of aryl methyl sites for hydroxylation is 1. The molecule has 2 aliphatic rings. The molecule has 1 aliphatic heterocycles. The maximum Gasteiger partial charge on any atom is 0.161 e. The summed E-state index contributed by atoms with van der Waals surface area (Å²) in [5, 5.41) is 9.63. The molecule has 0 N–H and O–H groups in total. The topological polar surface area (TPSA) is 45.5 Å². The maximum absolute atomic E-state index is 9.63. The molecule has 2 aromatic carbocycles. The molecular weight excluding hydrogens is 416 g/mol. The fourth-order valence-corrected chi connectivity index (χ4v) is 6.84. The van der Waals surface area contributed by atoms with Crippen LogP contribution in [0.2, 0.25) is 0 Å². The van der Waals surface area contributed by atoms with E-state index in [4.69, 9.17) is 9.47 Å². The lowest BCUT2D eigenvalue weighted by Gasteiger charge is -2.37. The highest BCUT2D eigenvalue weighted by molar-refractivity contribution is 7.12. The zero-order valence-corrected chi connectivity index (χ0v) is 19.5. The van der Waals surface area contributed by atoms with Crippen LogP contribution >= 0.6 is 11.3 Å². The van der Waals surface area contributed by atoms with E-state index in [1.54, 1.807) is 30.2 Å². The van der Waals surface area contributed by atoms with Crippen molar-refractivity contribution in [3.63, 3.8) is 0 Å². The van der Waals surface area contributed by atoms with Gasteiger partial charge in [-0.25, -0.2) is 0 Å². The first-order valence-electron chi connectivity index (χ1n) is 11.3. The van der Waals surface area contributed by atoms with Gasteiger partial charge in [0.1, 0.15) is 0 Å². The maximum atomic E-state index is 9.63. The summed E-state index contributed by atoms with van der Waals surface area (Å²) in [5.74, 6) is 1.51. The molecule has 164 valence electrons. The minimum absolute atomic E-state index is 0.154. The van der Waals surface area contributed by atoms with E-state index in [2.05, 4.69) is 29.2 Å². The van der Waals surface area contributed by atoms with Gasteiger partial charge in [0.15, 0.2) is 11.5 Å². The number of ether oxygens (including phenoxy) is 2. The molecule has 0 fully saturated rings. The van der Waals surface area contributed by atoms with E-state index in [9.17, 15) is 5.26 Å². The van der Waals surface area contributed by atoms with Crippen molar-refractivity contribution in [2.45, 2.75) is 44.7 Å². The summed E-state index contributed by atoms with van der Waals surface area (Å²) in [6.45, 7) is 1.74. The van der Waals surface area contributed by atoms with Crippen LogP contribution in [0.4, 0.5) is 0 Å². The lowest BCUT2D eigenvalue weighted by atomic mass is 9.88. The highest BCUT2D eigenvalue weighted by Crippen LogP contribution is 2.46. The Morgan fingerprint density at radius 1 is 1.00 bits per heavy atom. The van der Waals surface area contributed by atoms with Crippen LogP contribution in [-0.2, 0) is 25.8 Å². The fourth-order valence-electron chi connectivity index (χ4n) is 5.24. The van der Waals surface area contributed by atoms with E-state index in [0.29, 0.717) is 0 Å². The molecule has 1 atom stereocenters. The van der Waals surface area contributed by atoms with Crippen LogP contribution in [0.15, 0.2) is 42.5 Å². The standard InChI is InChI=1S/C27H28N2O2S/c1-30-23-12-11-18(15-24(23)31-2)26-27-22(21-9-5-6-10-25(21)32-27)13-14-29(26)17-20-8-4-3-7-19(20)16-28/h3-4,7-8,11-12,15,26H,5-6,9-10,13-14,17H2,1-2H3/t26-/m0/s1. The summed E-state index contributed by atoms with van der Waals surface area (Å²) in [4.78, 5) is 5.60. The number of hydrogen-bond donors (Lipinski definition) is 0. The largest absolute Gasteiger partial charge is 0.493 e. The van der Waals surface area contributed by atoms with Gasteiger partial charge in [0.2, 0.25) is 0 Å². The number of fused-ring (bicyclic) bond motifs is 3. The molecule has 0 bridgehead atoms. The Bertz CT molecular complexity index is 1180. The molecular formula is C27H28N2O2S. The number of methoxy groups -OCH3 is 2. The van der Waals surface area contributed by atoms with Gasteiger partial charge < -0.3 is 9.47 Å². The van der Waals surface area contributed by atoms with Crippen LogP contribution in [0.5, 0.6) is 11.5 Å². The Balaban J connectivity index is 1.61. The Morgan fingerprint density at radius 2 is 1.81 bits per heavy atom. The van der Waals surface area contributed by atoms with Crippen molar-refractivity contribution in [1.29, 1.82) is 5.26 Å². The Kier molecular flexibility index (Phi) is 5.91. The third kappa shape index (κ3) is 3.68. The lowest BCUT2D eigenvalue weighted by Crippen LogP contribution is -2.35. The van der Waals surface area contributed by atoms with Crippen molar-refractivity contribution in [3.05, 3.63) is 80.0 Å². The monoisotopic (exact) mass is 444 g/mol. The van der Waals surface area contributed by atoms with E-state index in [-0.39, 0.29) is 6.04 Å². The van der Waals surface area contributed by atoms with Crippen LogP contribution in [0.3, 0.4) is 0 Å². The van der Waals surface area contributed by atoms with Gasteiger partial charge in [0, 0.05) is 22.8 Å². The summed E-state index contributed by atoms with van der Waals surface area (Å²) in [6, 6.07) is 16.8. The molecule has 0 radical (unpaired) electrons. The number of benzene rings is 2. The molecule has 0 amide bonds. The zero-order valence-electron chi connectivity index (χ0n) is 18.7. The minimum atomic E-state index is 0.154. The minimum Gasteiger partial charge on any atom is -0.493 e. The van der Waals surface area contributed by atoms with Gasteiger partial charge in [-0.1, -0.05) is 24.3 Å². The number of nitriles is 1. The van der Waals surface area contributed by atoms with Crippen LogP contribution in [0.1, 0.15) is 56.5 Å². The van der Waals surface area contributed by atoms with Gasteiger partial charge in [-0.3, -0.25) is 4.90 Å². The van der Waals surface area contributed by atoms with E-state index in [1.807, 2.05) is 35.6 Å². The first kappa shape index (κ1) is 21.1. The van der Waals surface area contributed by atoms with Crippen molar-refractivity contribution >= 4 is 11.3 Å². The van der Waals surface area contributed by atoms with Crippen molar-refractivity contribution < 1.29 is 9.47 Å². The van der Waals surface area contributed by atoms with Gasteiger partial charge in [0.25, 0.3) is 0 Å². The van der Waals surface area contributed by atoms with Crippen LogP contribution in [0.25, 0.3) is 0 Å². The molecule has 5 rings (SSSR count). The van der Waals surface area contributed by atoms with Crippen molar-refractivity contribution in [2.24, 2.45) is 0 Å². The van der Waals surface area contributed by atoms with Crippen molar-refractivity contribution in [3.8, 4) is 17.6 Å². The molecule has 1 aliphatic carbocycles. The Hall–Kier alpha value is -2.81. The lowest BCUT2D eigenvalue weighted by molar-refractivity contribution is 0.207. The predicted octanol–water partition coefficient (Wildman–Crippen LogP) is 5.66. The van der Waals surface area contributed by atoms with E-state index in [1.165, 1.54) is 36.1 Å². The summed E-state index contributed by atoms with van der Waals surface area (Å²) in [6.07, 6.45) is 6.11. The number of thiophene rings is 1. The van der Waals surface area contributed by atoms with Crippen molar-refractivity contribution in [1.82, 2.24) is 4.90 Å². The Morgan fingerprint density at radius 3 is 2.62 bits per heavy atom. The van der Waals surface area contributed by atoms with Gasteiger partial charge in [-0.2, -0.15) is 5.26 Å². The second-order valence-corrected chi connectivity index (χ2v) is 9.70. The quantitative estimate of drug-likeness (QED) is 0.509. The number of rotatable bonds is 5. The summed E-state index contributed by atoms with van der Waals surface area (Å²) in [7, 11) is 3.37. The molecule has 0 saturated carbocycles. The summed E-state index contributed by atoms with van der Waals surface area (Å²) in [5.41, 5.74) is 6.27. The Labute approximate surface area is 194 Å². The second kappa shape index (κ2) is 8.97. The molecule has 0 saturated heterocycles. The summed E-state index contributed by atoms with van der Waals surface area (Å²) >= 11 is 2.01. The highest BCUT2D eigenvalue weighted by atomic mass is 32.1. The fraction of sp³-hybridized carbons (Fsp3) is 0.370. The highest BCUT2D eigenvalue weighted by Gasteiger charge is 2.34. The number of nitrogens with zero attached hydrogens (tertiary/aromatic N) is 2. The second-order valence-electron chi connectivity index (χ2n) is 8.56. The van der Waals surface area contributed by atoms with E-state index in [0.717, 1.165) is 42.1 Å². The van der Waals surface area contributed by atoms with Crippen LogP contribution < -0.4 is 9.47 Å². The number of hydrogen-bond acceptors (Lipinski definition) is 5. The zero-order chi connectivity index (χ0) is 22.1. The normalized spacial score (nSPS) is 17.8. The molecule has 4 nitrogen and oxygen atoms in total. The smallest absolute Gasteiger partial charge is 0.161 e. The van der Waals surface area contributed by atoms with Crippen LogP contribution in [0, 0.1) is 11.3 Å². The van der Waals surface area contributed by atoms with Gasteiger partial charge in [0.05, 0.1) is 31.9 Å². The third-order valence-corrected chi connectivity index (χ3v) is 8.20. The van der Waals surface area contributed by atoms with Crippen LogP contribution in [-0.4, -0.2) is 25.7 Å². The molecule has 0 unspecified atom stereocenters. The van der Waals surface area contributed by atoms with Gasteiger partial charge in [-0.15, -0.1) is 11.3 Å². The van der Waals surface area contributed by atoms with Gasteiger partial charge in [-0.05, 0) is 72.6 Å². The molecule has 1 aromatic heterocycles. The average molecular weight is 445 g/mol. The SMILES string of the molecule is COc1ccc([C@H]2c3sc4c(c3CCN2Cc2ccccc2C#N)CCCC4)cc1OC. The summed E-state index contributed by atoms with van der Waals surface area (Å²) < 4.78 is 11.1. The van der Waals surface area contributed by atoms with E-state index < -0.39 is 0 Å². The first-order valence-corrected chi connectivity index (χ1v) is 12.1. The predicted molar refractivity (Wildman–Crippen MR) is 128 cm³/mol. The first-order chi connectivity index (χ1) is 15.7. The molecule has 2 heterocycles. The third-order valence-electron chi connectivity index (χ3n) is 6.81. The molecule has 3 aromatic rings. The molecule has 0 spiro atoms. The molecule has 32 heavy (non-hydrogen) atoms. The average Bonchev–Trinajstić information content (AvgIpc) is 3.22. The molecule has 5 heteroatoms. The van der Waals surface area contributed by atoms with Crippen molar-refractivity contribution in [2.75, 3.05) is 20.8 Å². The van der Waals surface area contributed by atoms with Gasteiger partial charge >= 0.3 is 0 Å².